The highest BCUT2D eigenvalue weighted by Crippen LogP contribution is 2.37. The van der Waals surface area contributed by atoms with Crippen LogP contribution in [0.3, 0.4) is 0 Å². The smallest absolute Gasteiger partial charge is 0.222 e. The Morgan fingerprint density at radius 2 is 2.05 bits per heavy atom. The Balaban J connectivity index is 1.80. The van der Waals surface area contributed by atoms with Crippen molar-refractivity contribution in [2.24, 2.45) is 5.73 Å². The molecule has 1 aromatic heterocycles. The molecule has 0 radical (unpaired) electrons. The van der Waals surface area contributed by atoms with Gasteiger partial charge in [0.1, 0.15) is 11.5 Å². The van der Waals surface area contributed by atoms with E-state index in [0.717, 1.165) is 11.1 Å². The topological polar surface area (TPSA) is 104 Å². The molecule has 0 saturated carbocycles. The van der Waals surface area contributed by atoms with Gasteiger partial charge in [0.05, 0.1) is 0 Å². The van der Waals surface area contributed by atoms with Crippen LogP contribution in [0.1, 0.15) is 30.1 Å². The third-order valence-electron chi connectivity index (χ3n) is 3.52. The van der Waals surface area contributed by atoms with Crippen LogP contribution >= 0.6 is 0 Å². The molecular weight excluding hydrogens is 259 g/mol. The quantitative estimate of drug-likeness (QED) is 0.736. The van der Waals surface area contributed by atoms with Gasteiger partial charge < -0.3 is 5.73 Å². The zero-order valence-electron chi connectivity index (χ0n) is 10.6. The number of allylic oxidation sites excluding steroid dienone is 2. The van der Waals surface area contributed by atoms with E-state index in [1.54, 1.807) is 12.1 Å². The zero-order chi connectivity index (χ0) is 14.1. The van der Waals surface area contributed by atoms with Crippen molar-refractivity contribution in [3.8, 4) is 0 Å². The number of benzene rings is 1. The van der Waals surface area contributed by atoms with E-state index >= 15 is 0 Å². The lowest BCUT2D eigenvalue weighted by molar-refractivity contribution is 0.624. The third kappa shape index (κ3) is 2.18. The van der Waals surface area contributed by atoms with E-state index in [1.807, 2.05) is 0 Å². The van der Waals surface area contributed by atoms with E-state index in [0.29, 0.717) is 18.5 Å². The molecule has 0 amide bonds. The first-order valence-corrected chi connectivity index (χ1v) is 6.21. The van der Waals surface area contributed by atoms with Gasteiger partial charge in [-0.25, -0.2) is 4.39 Å². The molecular formula is C13H13FN6. The average Bonchev–Trinajstić information content (AvgIpc) is 3.08. The summed E-state index contributed by atoms with van der Waals surface area (Å²) in [6, 6.07) is 6.39. The highest BCUT2D eigenvalue weighted by Gasteiger charge is 2.28. The monoisotopic (exact) mass is 272 g/mol. The van der Waals surface area contributed by atoms with Gasteiger partial charge in [0.15, 0.2) is 0 Å². The predicted octanol–water partition coefficient (Wildman–Crippen LogP) is 1.50. The molecule has 2 aromatic rings. The first-order chi connectivity index (χ1) is 9.65. The minimum Gasteiger partial charge on any atom is -0.402 e. The number of aromatic amines is 1. The van der Waals surface area contributed by atoms with Gasteiger partial charge in [0.2, 0.25) is 5.82 Å². The van der Waals surface area contributed by atoms with E-state index in [2.05, 4.69) is 20.6 Å². The lowest BCUT2D eigenvalue weighted by atomic mass is 9.95. The molecule has 20 heavy (non-hydrogen) atoms. The Morgan fingerprint density at radius 1 is 1.30 bits per heavy atom. The number of nitrogens with two attached hydrogens (primary N) is 1. The van der Waals surface area contributed by atoms with Crippen LogP contribution < -0.4 is 5.73 Å². The fourth-order valence-corrected chi connectivity index (χ4v) is 2.47. The van der Waals surface area contributed by atoms with E-state index in [9.17, 15) is 4.39 Å². The van der Waals surface area contributed by atoms with Crippen LogP contribution in [-0.2, 0) is 0 Å². The molecule has 6 nitrogen and oxygen atoms in total. The first-order valence-electron chi connectivity index (χ1n) is 6.21. The maximum Gasteiger partial charge on any atom is 0.222 e. The molecule has 7 heteroatoms. The standard InChI is InChI=1S/C13H13FN6/c14-9-3-1-7(2-4-9)8-5-10(11(15)6-8)12(16)13-17-19-20-18-13/h1-4,8,16H,5-6,15H2,(H,17,18,19,20). The van der Waals surface area contributed by atoms with Crippen molar-refractivity contribution in [3.05, 3.63) is 52.7 Å². The van der Waals surface area contributed by atoms with Crippen molar-refractivity contribution >= 4 is 5.71 Å². The number of hydrogen-bond donors (Lipinski definition) is 3. The number of halogens is 1. The molecule has 1 heterocycles. The highest BCUT2D eigenvalue weighted by molar-refractivity contribution is 6.08. The van der Waals surface area contributed by atoms with Crippen LogP contribution in [0.15, 0.2) is 35.5 Å². The van der Waals surface area contributed by atoms with Crippen LogP contribution in [0.4, 0.5) is 4.39 Å². The largest absolute Gasteiger partial charge is 0.402 e. The molecule has 1 atom stereocenters. The van der Waals surface area contributed by atoms with E-state index < -0.39 is 0 Å². The van der Waals surface area contributed by atoms with Crippen molar-refractivity contribution in [1.29, 1.82) is 5.41 Å². The maximum absolute atomic E-state index is 12.9. The molecule has 102 valence electrons. The summed E-state index contributed by atoms with van der Waals surface area (Å²) < 4.78 is 12.9. The molecule has 3 rings (SSSR count). The molecule has 1 unspecified atom stereocenters. The zero-order valence-corrected chi connectivity index (χ0v) is 10.6. The Kier molecular flexibility index (Phi) is 3.02. The minimum absolute atomic E-state index is 0.165. The summed E-state index contributed by atoms with van der Waals surface area (Å²) in [6.45, 7) is 0. The Bertz CT molecular complexity index is 659. The molecule has 0 aliphatic heterocycles. The lowest BCUT2D eigenvalue weighted by Crippen LogP contribution is -2.09. The second-order valence-corrected chi connectivity index (χ2v) is 4.77. The molecule has 0 bridgehead atoms. The van der Waals surface area contributed by atoms with Crippen molar-refractivity contribution in [2.45, 2.75) is 18.8 Å². The van der Waals surface area contributed by atoms with Gasteiger partial charge in [-0.1, -0.05) is 12.1 Å². The highest BCUT2D eigenvalue weighted by atomic mass is 19.1. The molecule has 0 saturated heterocycles. The fourth-order valence-electron chi connectivity index (χ4n) is 2.47. The molecule has 4 N–H and O–H groups in total. The summed E-state index contributed by atoms with van der Waals surface area (Å²) in [5.41, 5.74) is 8.63. The molecule has 1 aromatic carbocycles. The van der Waals surface area contributed by atoms with Gasteiger partial charge >= 0.3 is 0 Å². The van der Waals surface area contributed by atoms with E-state index in [-0.39, 0.29) is 23.3 Å². The number of H-pyrrole nitrogens is 1. The summed E-state index contributed by atoms with van der Waals surface area (Å²) in [5, 5.41) is 21.4. The fraction of sp³-hybridized carbons (Fsp3) is 0.231. The van der Waals surface area contributed by atoms with Crippen LogP contribution in [0, 0.1) is 11.2 Å². The number of nitrogens with zero attached hydrogens (tertiary/aromatic N) is 3. The van der Waals surface area contributed by atoms with Crippen LogP contribution in [-0.4, -0.2) is 26.3 Å². The number of tetrazole rings is 1. The van der Waals surface area contributed by atoms with Gasteiger partial charge in [0.25, 0.3) is 0 Å². The first kappa shape index (κ1) is 12.5. The molecule has 1 aliphatic carbocycles. The van der Waals surface area contributed by atoms with Gasteiger partial charge in [-0.15, -0.1) is 10.2 Å². The number of aromatic nitrogens is 4. The summed E-state index contributed by atoms with van der Waals surface area (Å²) in [7, 11) is 0. The van der Waals surface area contributed by atoms with Crippen molar-refractivity contribution < 1.29 is 4.39 Å². The summed E-state index contributed by atoms with van der Waals surface area (Å²) in [5.74, 6) is 0.146. The van der Waals surface area contributed by atoms with E-state index in [4.69, 9.17) is 11.1 Å². The Hall–Kier alpha value is -2.57. The number of rotatable bonds is 3. The SMILES string of the molecule is N=C(C1=C(N)CC(c2ccc(F)cc2)C1)c1nn[nH]n1. The Labute approximate surface area is 114 Å². The summed E-state index contributed by atoms with van der Waals surface area (Å²) in [4.78, 5) is 0. The lowest BCUT2D eigenvalue weighted by Gasteiger charge is -2.10. The summed E-state index contributed by atoms with van der Waals surface area (Å²) in [6.07, 6.45) is 1.28. The Morgan fingerprint density at radius 3 is 2.70 bits per heavy atom. The van der Waals surface area contributed by atoms with Crippen molar-refractivity contribution in [2.75, 3.05) is 0 Å². The van der Waals surface area contributed by atoms with Crippen molar-refractivity contribution in [1.82, 2.24) is 20.6 Å². The second kappa shape index (κ2) is 4.84. The summed E-state index contributed by atoms with van der Waals surface area (Å²) >= 11 is 0. The van der Waals surface area contributed by atoms with E-state index in [1.165, 1.54) is 12.1 Å². The third-order valence-corrected chi connectivity index (χ3v) is 3.52. The average molecular weight is 272 g/mol. The molecule has 0 fully saturated rings. The van der Waals surface area contributed by atoms with Gasteiger partial charge in [0, 0.05) is 11.3 Å². The minimum atomic E-state index is -0.257. The molecule has 1 aliphatic rings. The van der Waals surface area contributed by atoms with Crippen LogP contribution in [0.25, 0.3) is 0 Å². The second-order valence-electron chi connectivity index (χ2n) is 4.77. The normalized spacial score (nSPS) is 18.6. The predicted molar refractivity (Wildman–Crippen MR) is 70.6 cm³/mol. The van der Waals surface area contributed by atoms with Crippen LogP contribution in [0.2, 0.25) is 0 Å². The molecule has 0 spiro atoms. The maximum atomic E-state index is 12.9. The number of hydrogen-bond acceptors (Lipinski definition) is 5. The van der Waals surface area contributed by atoms with Crippen molar-refractivity contribution in [3.63, 3.8) is 0 Å². The van der Waals surface area contributed by atoms with Gasteiger partial charge in [-0.3, -0.25) is 5.41 Å². The van der Waals surface area contributed by atoms with Gasteiger partial charge in [-0.05, 0) is 41.7 Å². The number of nitrogens with one attached hydrogen (secondary N) is 2. The van der Waals surface area contributed by atoms with Gasteiger partial charge in [-0.2, -0.15) is 5.21 Å². The van der Waals surface area contributed by atoms with Crippen LogP contribution in [0.5, 0.6) is 0 Å².